The first-order chi connectivity index (χ1) is 5.11. The average Bonchev–Trinajstić information content (AvgIpc) is 1.85. The molecule has 1 aromatic carbocycles. The van der Waals surface area contributed by atoms with Gasteiger partial charge in [-0.15, -0.1) is 0 Å². The molecular formula is C7H6F2IN. The molecule has 4 heteroatoms. The molecule has 1 aromatic rings. The fourth-order valence-corrected chi connectivity index (χ4v) is 1.26. The lowest BCUT2D eigenvalue weighted by molar-refractivity contribution is 0.152. The van der Waals surface area contributed by atoms with E-state index in [0.29, 0.717) is 0 Å². The van der Waals surface area contributed by atoms with Crippen molar-refractivity contribution >= 4 is 28.3 Å². The molecule has 1 rings (SSSR count). The lowest BCUT2D eigenvalue weighted by Crippen LogP contribution is -1.94. The number of halogens is 3. The summed E-state index contributed by atoms with van der Waals surface area (Å²) in [5.41, 5.74) is 5.40. The van der Waals surface area contributed by atoms with Gasteiger partial charge in [0.2, 0.25) is 0 Å². The molecule has 0 aromatic heterocycles. The van der Waals surface area contributed by atoms with Gasteiger partial charge in [-0.3, -0.25) is 0 Å². The van der Waals surface area contributed by atoms with Crippen LogP contribution in [0.15, 0.2) is 18.2 Å². The first kappa shape index (κ1) is 8.70. The second-order valence-electron chi connectivity index (χ2n) is 2.07. The lowest BCUT2D eigenvalue weighted by atomic mass is 10.2. The Labute approximate surface area is 76.7 Å². The molecule has 0 fully saturated rings. The molecule has 11 heavy (non-hydrogen) atoms. The Balaban J connectivity index is 3.09. The highest BCUT2D eigenvalue weighted by Gasteiger charge is 2.09. The maximum Gasteiger partial charge on any atom is 0.265 e. The van der Waals surface area contributed by atoms with Crippen molar-refractivity contribution in [1.29, 1.82) is 0 Å². The maximum atomic E-state index is 12.1. The molecule has 0 bridgehead atoms. The number of rotatable bonds is 1. The first-order valence-corrected chi connectivity index (χ1v) is 4.02. The van der Waals surface area contributed by atoms with E-state index in [1.807, 2.05) is 22.6 Å². The van der Waals surface area contributed by atoms with Crippen molar-refractivity contribution in [3.05, 3.63) is 27.3 Å². The summed E-state index contributed by atoms with van der Waals surface area (Å²) in [6, 6.07) is 4.49. The zero-order valence-electron chi connectivity index (χ0n) is 5.52. The number of benzene rings is 1. The number of anilines is 1. The van der Waals surface area contributed by atoms with Crippen LogP contribution in [0.4, 0.5) is 14.5 Å². The molecule has 0 atom stereocenters. The topological polar surface area (TPSA) is 26.0 Å². The van der Waals surface area contributed by atoms with E-state index < -0.39 is 6.43 Å². The predicted molar refractivity (Wildman–Crippen MR) is 48.5 cm³/mol. The van der Waals surface area contributed by atoms with Gasteiger partial charge in [0.05, 0.1) is 0 Å². The van der Waals surface area contributed by atoms with E-state index in [4.69, 9.17) is 5.73 Å². The summed E-state index contributed by atoms with van der Waals surface area (Å²) in [7, 11) is 0. The smallest absolute Gasteiger partial charge is 0.265 e. The number of hydrogen-bond acceptors (Lipinski definition) is 1. The largest absolute Gasteiger partial charge is 0.398 e. The molecule has 0 aliphatic heterocycles. The third-order valence-corrected chi connectivity index (χ3v) is 1.95. The van der Waals surface area contributed by atoms with Crippen LogP contribution in [0.3, 0.4) is 0 Å². The maximum absolute atomic E-state index is 12.1. The minimum absolute atomic E-state index is 0.0922. The molecule has 2 N–H and O–H groups in total. The second-order valence-corrected chi connectivity index (χ2v) is 3.32. The van der Waals surface area contributed by atoms with Crippen LogP contribution in [0.2, 0.25) is 0 Å². The fourth-order valence-electron chi connectivity index (χ4n) is 0.744. The predicted octanol–water partition coefficient (Wildman–Crippen LogP) is 2.81. The second kappa shape index (κ2) is 3.34. The number of nitrogens with two attached hydrogens (primary N) is 1. The molecular weight excluding hydrogens is 263 g/mol. The van der Waals surface area contributed by atoms with Gasteiger partial charge in [0.1, 0.15) is 0 Å². The first-order valence-electron chi connectivity index (χ1n) is 2.94. The standard InChI is InChI=1S/C7H6F2IN/c8-7(9)5-2-1-4(10)3-6(5)11/h1-3,7H,11H2. The Bertz CT molecular complexity index is 263. The van der Waals surface area contributed by atoms with Crippen LogP contribution in [-0.2, 0) is 0 Å². The number of alkyl halides is 2. The molecule has 60 valence electrons. The van der Waals surface area contributed by atoms with Gasteiger partial charge in [-0.1, -0.05) is 6.07 Å². The van der Waals surface area contributed by atoms with Crippen LogP contribution in [0.25, 0.3) is 0 Å². The Hall–Kier alpha value is -0.390. The molecule has 0 heterocycles. The van der Waals surface area contributed by atoms with Crippen molar-refractivity contribution in [2.24, 2.45) is 0 Å². The summed E-state index contributed by atoms with van der Waals surface area (Å²) in [5.74, 6) is 0. The van der Waals surface area contributed by atoms with Crippen LogP contribution in [0.1, 0.15) is 12.0 Å². The highest BCUT2D eigenvalue weighted by molar-refractivity contribution is 14.1. The van der Waals surface area contributed by atoms with Crippen LogP contribution in [0, 0.1) is 3.57 Å². The van der Waals surface area contributed by atoms with Gasteiger partial charge in [-0.25, -0.2) is 8.78 Å². The zero-order valence-corrected chi connectivity index (χ0v) is 7.68. The van der Waals surface area contributed by atoms with Gasteiger partial charge in [0.25, 0.3) is 6.43 Å². The summed E-state index contributed by atoms with van der Waals surface area (Å²) in [4.78, 5) is 0. The Morgan fingerprint density at radius 3 is 2.45 bits per heavy atom. The van der Waals surface area contributed by atoms with E-state index in [1.165, 1.54) is 12.1 Å². The van der Waals surface area contributed by atoms with E-state index >= 15 is 0 Å². The highest BCUT2D eigenvalue weighted by atomic mass is 127. The Morgan fingerprint density at radius 1 is 1.36 bits per heavy atom. The molecule has 0 spiro atoms. The minimum atomic E-state index is -2.48. The highest BCUT2D eigenvalue weighted by Crippen LogP contribution is 2.25. The van der Waals surface area contributed by atoms with E-state index in [0.717, 1.165) is 3.57 Å². The van der Waals surface area contributed by atoms with Gasteiger partial charge < -0.3 is 5.73 Å². The third-order valence-electron chi connectivity index (χ3n) is 1.28. The van der Waals surface area contributed by atoms with Crippen molar-refractivity contribution < 1.29 is 8.78 Å². The average molecular weight is 269 g/mol. The van der Waals surface area contributed by atoms with Crippen LogP contribution in [0.5, 0.6) is 0 Å². The normalized spacial score (nSPS) is 10.5. The number of hydrogen-bond donors (Lipinski definition) is 1. The quantitative estimate of drug-likeness (QED) is 0.615. The van der Waals surface area contributed by atoms with Gasteiger partial charge in [-0.05, 0) is 34.7 Å². The molecule has 0 aliphatic carbocycles. The molecule has 0 saturated heterocycles. The van der Waals surface area contributed by atoms with Gasteiger partial charge in [-0.2, -0.15) is 0 Å². The summed E-state index contributed by atoms with van der Waals surface area (Å²) < 4.78 is 25.0. The zero-order chi connectivity index (χ0) is 8.43. The molecule has 0 radical (unpaired) electrons. The molecule has 0 saturated carbocycles. The van der Waals surface area contributed by atoms with Crippen molar-refractivity contribution in [3.63, 3.8) is 0 Å². The van der Waals surface area contributed by atoms with Gasteiger partial charge >= 0.3 is 0 Å². The lowest BCUT2D eigenvalue weighted by Gasteiger charge is -2.03. The van der Waals surface area contributed by atoms with Crippen molar-refractivity contribution in [2.45, 2.75) is 6.43 Å². The van der Waals surface area contributed by atoms with Crippen LogP contribution < -0.4 is 5.73 Å². The minimum Gasteiger partial charge on any atom is -0.398 e. The third kappa shape index (κ3) is 2.02. The number of nitrogen functional groups attached to an aromatic ring is 1. The van der Waals surface area contributed by atoms with Gasteiger partial charge in [0, 0.05) is 14.8 Å². The van der Waals surface area contributed by atoms with E-state index in [9.17, 15) is 8.78 Å². The SMILES string of the molecule is Nc1cc(I)ccc1C(F)F. The summed E-state index contributed by atoms with van der Waals surface area (Å²) in [5, 5.41) is 0. The van der Waals surface area contributed by atoms with E-state index in [-0.39, 0.29) is 11.3 Å². The van der Waals surface area contributed by atoms with Crippen molar-refractivity contribution in [2.75, 3.05) is 5.73 Å². The van der Waals surface area contributed by atoms with E-state index in [1.54, 1.807) is 6.07 Å². The van der Waals surface area contributed by atoms with Crippen molar-refractivity contribution in [1.82, 2.24) is 0 Å². The Morgan fingerprint density at radius 2 is 2.00 bits per heavy atom. The monoisotopic (exact) mass is 269 g/mol. The fraction of sp³-hybridized carbons (Fsp3) is 0.143. The van der Waals surface area contributed by atoms with Crippen LogP contribution in [-0.4, -0.2) is 0 Å². The van der Waals surface area contributed by atoms with Crippen molar-refractivity contribution in [3.8, 4) is 0 Å². The summed E-state index contributed by atoms with van der Waals surface area (Å²) >= 11 is 2.02. The van der Waals surface area contributed by atoms with E-state index in [2.05, 4.69) is 0 Å². The molecule has 1 nitrogen and oxygen atoms in total. The summed E-state index contributed by atoms with van der Waals surface area (Å²) in [6.45, 7) is 0. The van der Waals surface area contributed by atoms with Gasteiger partial charge in [0.15, 0.2) is 0 Å². The Kier molecular flexibility index (Phi) is 2.64. The summed E-state index contributed by atoms with van der Waals surface area (Å²) in [6.07, 6.45) is -2.48. The van der Waals surface area contributed by atoms with Crippen LogP contribution >= 0.6 is 22.6 Å². The molecule has 0 aliphatic rings. The molecule has 0 unspecified atom stereocenters. The molecule has 0 amide bonds.